The molecule has 0 amide bonds. The first-order valence-electron chi connectivity index (χ1n) is 6.61. The van der Waals surface area contributed by atoms with Crippen molar-refractivity contribution in [3.05, 3.63) is 42.2 Å². The molecule has 0 saturated heterocycles. The molecule has 1 atom stereocenters. The minimum absolute atomic E-state index is 0.0499. The molecule has 0 aliphatic carbocycles. The number of aromatic nitrogens is 3. The normalized spacial score (nSPS) is 13.5. The molecule has 0 saturated carbocycles. The Hall–Kier alpha value is -1.87. The molecular formula is C13H16F2N4O2S. The minimum atomic E-state index is -3.97. The van der Waals surface area contributed by atoms with Crippen molar-refractivity contribution in [2.45, 2.75) is 31.3 Å². The fourth-order valence-corrected chi connectivity index (χ4v) is 3.20. The summed E-state index contributed by atoms with van der Waals surface area (Å²) in [5.74, 6) is -2.36. The Morgan fingerprint density at radius 3 is 2.36 bits per heavy atom. The maximum absolute atomic E-state index is 13.2. The van der Waals surface area contributed by atoms with E-state index in [0.29, 0.717) is 6.07 Å². The van der Waals surface area contributed by atoms with Crippen LogP contribution in [0.3, 0.4) is 0 Å². The maximum Gasteiger partial charge on any atom is 0.240 e. The van der Waals surface area contributed by atoms with Gasteiger partial charge in [-0.15, -0.1) is 0 Å². The fourth-order valence-electron chi connectivity index (χ4n) is 1.81. The van der Waals surface area contributed by atoms with E-state index in [1.807, 2.05) is 13.8 Å². The molecule has 0 radical (unpaired) electrons. The predicted octanol–water partition coefficient (Wildman–Crippen LogP) is 1.56. The lowest BCUT2D eigenvalue weighted by atomic mass is 10.1. The van der Waals surface area contributed by atoms with Gasteiger partial charge in [-0.25, -0.2) is 21.9 Å². The number of sulfonamides is 1. The van der Waals surface area contributed by atoms with Crippen molar-refractivity contribution in [1.82, 2.24) is 19.7 Å². The molecule has 0 aliphatic heterocycles. The number of nitrogens with zero attached hydrogens (tertiary/aromatic N) is 3. The van der Waals surface area contributed by atoms with E-state index in [1.165, 1.54) is 17.2 Å². The highest BCUT2D eigenvalue weighted by atomic mass is 32.2. The first-order chi connectivity index (χ1) is 10.3. The summed E-state index contributed by atoms with van der Waals surface area (Å²) >= 11 is 0. The van der Waals surface area contributed by atoms with Gasteiger partial charge in [0.2, 0.25) is 10.0 Å². The Kier molecular flexibility index (Phi) is 4.87. The fraction of sp³-hybridized carbons (Fsp3) is 0.385. The number of halogens is 2. The van der Waals surface area contributed by atoms with Gasteiger partial charge in [-0.05, 0) is 24.1 Å². The summed E-state index contributed by atoms with van der Waals surface area (Å²) in [7, 11) is -3.97. The lowest BCUT2D eigenvalue weighted by Crippen LogP contribution is -2.42. The molecular weight excluding hydrogens is 314 g/mol. The summed E-state index contributed by atoms with van der Waals surface area (Å²) in [5, 5.41) is 7.86. The third-order valence-corrected chi connectivity index (χ3v) is 4.63. The number of rotatable bonds is 6. The molecule has 0 spiro atoms. The number of hydrogen-bond donors (Lipinski definition) is 1. The Morgan fingerprint density at radius 2 is 1.82 bits per heavy atom. The Balaban J connectivity index is 2.22. The summed E-state index contributed by atoms with van der Waals surface area (Å²) in [6.45, 7) is 3.90. The van der Waals surface area contributed by atoms with Crippen molar-refractivity contribution >= 4 is 10.0 Å². The average molecular weight is 330 g/mol. The zero-order valence-electron chi connectivity index (χ0n) is 12.1. The Labute approximate surface area is 127 Å². The van der Waals surface area contributed by atoms with E-state index in [-0.39, 0.29) is 17.4 Å². The highest BCUT2D eigenvalue weighted by Gasteiger charge is 2.24. The largest absolute Gasteiger partial charge is 0.240 e. The van der Waals surface area contributed by atoms with Crippen LogP contribution in [0.1, 0.15) is 13.8 Å². The molecule has 1 aromatic carbocycles. The van der Waals surface area contributed by atoms with Gasteiger partial charge in [0.15, 0.2) is 11.6 Å². The van der Waals surface area contributed by atoms with E-state index in [1.54, 1.807) is 0 Å². The number of benzene rings is 1. The standard InChI is InChI=1S/C13H16F2N4O2S/c1-9(2)13(8-19-16-5-6-17-19)18-22(20,21)10-3-4-11(14)12(15)7-10/h3-7,9,13,18H,8H2,1-2H3. The van der Waals surface area contributed by atoms with Crippen LogP contribution in [0, 0.1) is 17.6 Å². The maximum atomic E-state index is 13.2. The van der Waals surface area contributed by atoms with E-state index in [4.69, 9.17) is 0 Å². The van der Waals surface area contributed by atoms with Gasteiger partial charge in [0, 0.05) is 6.04 Å². The molecule has 0 fully saturated rings. The Morgan fingerprint density at radius 1 is 1.18 bits per heavy atom. The van der Waals surface area contributed by atoms with Gasteiger partial charge in [0.05, 0.1) is 23.8 Å². The van der Waals surface area contributed by atoms with Crippen LogP contribution in [0.2, 0.25) is 0 Å². The highest BCUT2D eigenvalue weighted by Crippen LogP contribution is 2.16. The number of hydrogen-bond acceptors (Lipinski definition) is 4. The van der Waals surface area contributed by atoms with Crippen LogP contribution in [-0.4, -0.2) is 29.5 Å². The van der Waals surface area contributed by atoms with Crippen molar-refractivity contribution in [1.29, 1.82) is 0 Å². The molecule has 0 bridgehead atoms. The predicted molar refractivity (Wildman–Crippen MR) is 75.3 cm³/mol. The summed E-state index contributed by atoms with van der Waals surface area (Å²) in [6.07, 6.45) is 2.97. The van der Waals surface area contributed by atoms with Gasteiger partial charge in [0.1, 0.15) is 0 Å². The van der Waals surface area contributed by atoms with Crippen LogP contribution in [0.15, 0.2) is 35.5 Å². The third kappa shape index (κ3) is 3.86. The second kappa shape index (κ2) is 6.49. The molecule has 120 valence electrons. The van der Waals surface area contributed by atoms with E-state index in [9.17, 15) is 17.2 Å². The van der Waals surface area contributed by atoms with Gasteiger partial charge in [-0.1, -0.05) is 13.8 Å². The molecule has 6 nitrogen and oxygen atoms in total. The average Bonchev–Trinajstić information content (AvgIpc) is 2.93. The van der Waals surface area contributed by atoms with Crippen molar-refractivity contribution in [2.75, 3.05) is 0 Å². The van der Waals surface area contributed by atoms with Crippen LogP contribution in [0.4, 0.5) is 8.78 Å². The summed E-state index contributed by atoms with van der Waals surface area (Å²) in [5.41, 5.74) is 0. The summed E-state index contributed by atoms with van der Waals surface area (Å²) < 4.78 is 53.2. The van der Waals surface area contributed by atoms with E-state index >= 15 is 0 Å². The van der Waals surface area contributed by atoms with Crippen LogP contribution in [0.5, 0.6) is 0 Å². The lowest BCUT2D eigenvalue weighted by molar-refractivity contribution is 0.361. The van der Waals surface area contributed by atoms with Crippen LogP contribution in [0.25, 0.3) is 0 Å². The van der Waals surface area contributed by atoms with Gasteiger partial charge < -0.3 is 0 Å². The first kappa shape index (κ1) is 16.5. The molecule has 22 heavy (non-hydrogen) atoms. The highest BCUT2D eigenvalue weighted by molar-refractivity contribution is 7.89. The molecule has 1 heterocycles. The minimum Gasteiger partial charge on any atom is -0.207 e. The molecule has 1 aromatic heterocycles. The molecule has 0 aliphatic rings. The van der Waals surface area contributed by atoms with Crippen LogP contribution >= 0.6 is 0 Å². The third-order valence-electron chi connectivity index (χ3n) is 3.14. The van der Waals surface area contributed by atoms with E-state index in [2.05, 4.69) is 14.9 Å². The summed E-state index contributed by atoms with van der Waals surface area (Å²) in [4.78, 5) is 1.03. The number of nitrogens with one attached hydrogen (secondary N) is 1. The van der Waals surface area contributed by atoms with Crippen molar-refractivity contribution in [3.63, 3.8) is 0 Å². The second-order valence-corrected chi connectivity index (χ2v) is 6.85. The molecule has 9 heteroatoms. The zero-order valence-corrected chi connectivity index (χ0v) is 12.9. The Bertz CT molecular complexity index is 733. The van der Waals surface area contributed by atoms with Crippen LogP contribution < -0.4 is 4.72 Å². The lowest BCUT2D eigenvalue weighted by Gasteiger charge is -2.21. The van der Waals surface area contributed by atoms with Crippen molar-refractivity contribution < 1.29 is 17.2 Å². The molecule has 1 unspecified atom stereocenters. The molecule has 2 aromatic rings. The molecule has 2 rings (SSSR count). The van der Waals surface area contributed by atoms with Gasteiger partial charge in [-0.3, -0.25) is 0 Å². The topological polar surface area (TPSA) is 76.9 Å². The smallest absolute Gasteiger partial charge is 0.207 e. The van der Waals surface area contributed by atoms with Gasteiger partial charge in [-0.2, -0.15) is 15.0 Å². The zero-order chi connectivity index (χ0) is 16.3. The van der Waals surface area contributed by atoms with Crippen molar-refractivity contribution in [3.8, 4) is 0 Å². The molecule has 1 N–H and O–H groups in total. The second-order valence-electron chi connectivity index (χ2n) is 5.13. The summed E-state index contributed by atoms with van der Waals surface area (Å²) in [6, 6.07) is 1.96. The quantitative estimate of drug-likeness (QED) is 0.872. The van der Waals surface area contributed by atoms with Gasteiger partial charge in [0.25, 0.3) is 0 Å². The van der Waals surface area contributed by atoms with Gasteiger partial charge >= 0.3 is 0 Å². The monoisotopic (exact) mass is 330 g/mol. The first-order valence-corrected chi connectivity index (χ1v) is 8.09. The van der Waals surface area contributed by atoms with Crippen molar-refractivity contribution in [2.24, 2.45) is 5.92 Å². The SMILES string of the molecule is CC(C)C(Cn1nccn1)NS(=O)(=O)c1ccc(F)c(F)c1. The van der Waals surface area contributed by atoms with Crippen LogP contribution in [-0.2, 0) is 16.6 Å². The van der Waals surface area contributed by atoms with E-state index in [0.717, 1.165) is 12.1 Å². The van der Waals surface area contributed by atoms with E-state index < -0.39 is 27.7 Å².